The number of carboxylic acids is 2. The third-order valence-corrected chi connectivity index (χ3v) is 7.98. The maximum Gasteiger partial charge on any atom is 0.490 e. The van der Waals surface area contributed by atoms with Gasteiger partial charge in [0.15, 0.2) is 0 Å². The fourth-order valence-corrected chi connectivity index (χ4v) is 5.41. The fourth-order valence-electron chi connectivity index (χ4n) is 5.28. The summed E-state index contributed by atoms with van der Waals surface area (Å²) in [6, 6.07) is 21.9. The van der Waals surface area contributed by atoms with Crippen LogP contribution in [0, 0.1) is 5.82 Å². The summed E-state index contributed by atoms with van der Waals surface area (Å²) in [6.45, 7) is 3.23. The number of hydrogen-bond acceptors (Lipinski definition) is 6. The van der Waals surface area contributed by atoms with Gasteiger partial charge in [-0.15, -0.1) is 0 Å². The Labute approximate surface area is 291 Å². The van der Waals surface area contributed by atoms with Gasteiger partial charge < -0.3 is 25.7 Å². The Morgan fingerprint density at radius 3 is 1.73 bits per heavy atom. The van der Waals surface area contributed by atoms with Crippen LogP contribution in [0.1, 0.15) is 34.7 Å². The molecule has 3 aromatic rings. The van der Waals surface area contributed by atoms with Gasteiger partial charge in [0, 0.05) is 44.3 Å². The summed E-state index contributed by atoms with van der Waals surface area (Å²) in [5.41, 5.74) is 10.2. The zero-order valence-corrected chi connectivity index (χ0v) is 27.3. The zero-order chi connectivity index (χ0) is 38.1. The van der Waals surface area contributed by atoms with Crippen molar-refractivity contribution in [3.63, 3.8) is 0 Å². The molecule has 0 spiro atoms. The molecule has 2 aliphatic heterocycles. The van der Waals surface area contributed by atoms with Gasteiger partial charge in [-0.25, -0.2) is 14.0 Å². The minimum Gasteiger partial charge on any atom is -0.475 e. The van der Waals surface area contributed by atoms with E-state index in [9.17, 15) is 40.3 Å². The van der Waals surface area contributed by atoms with Crippen LogP contribution in [-0.4, -0.2) is 93.2 Å². The van der Waals surface area contributed by atoms with E-state index in [0.717, 1.165) is 16.7 Å². The highest BCUT2D eigenvalue weighted by atomic mass is 35.5. The SMILES string of the molecule is N[C@@H](CC(=O)N1CCN(C(c2ccccc2)c2ccc(Cl)cc2)CC1)C(=O)N1Cc2ccc(F)cc2C1.O=C(O)C(F)(F)F.O=C(O)C(F)(F)F. The van der Waals surface area contributed by atoms with Crippen LogP contribution in [-0.2, 0) is 32.3 Å². The second kappa shape index (κ2) is 17.5. The first-order chi connectivity index (χ1) is 23.8. The number of carboxylic acid groups (broad SMARTS) is 2. The van der Waals surface area contributed by atoms with Crippen molar-refractivity contribution in [1.82, 2.24) is 14.7 Å². The average Bonchev–Trinajstić information content (AvgIpc) is 3.49. The molecule has 0 aromatic heterocycles. The van der Waals surface area contributed by atoms with Crippen LogP contribution >= 0.6 is 11.6 Å². The molecule has 5 rings (SSSR count). The molecule has 2 amide bonds. The third kappa shape index (κ3) is 11.9. The van der Waals surface area contributed by atoms with Gasteiger partial charge in [-0.2, -0.15) is 26.3 Å². The van der Waals surface area contributed by atoms with Crippen molar-refractivity contribution in [2.24, 2.45) is 5.73 Å². The first-order valence-electron chi connectivity index (χ1n) is 15.0. The summed E-state index contributed by atoms with van der Waals surface area (Å²) in [6.07, 6.45) is -10.2. The molecule has 0 bridgehead atoms. The minimum atomic E-state index is -5.08. The normalized spacial score (nSPS) is 15.7. The highest BCUT2D eigenvalue weighted by Crippen LogP contribution is 2.31. The van der Waals surface area contributed by atoms with Crippen molar-refractivity contribution in [3.05, 3.63) is 106 Å². The minimum absolute atomic E-state index is 0.0423. The van der Waals surface area contributed by atoms with Crippen molar-refractivity contribution in [1.29, 1.82) is 0 Å². The number of nitrogens with zero attached hydrogens (tertiary/aromatic N) is 3. The van der Waals surface area contributed by atoms with Gasteiger partial charge >= 0.3 is 24.3 Å². The van der Waals surface area contributed by atoms with E-state index in [-0.39, 0.29) is 30.1 Å². The first kappa shape index (κ1) is 40.7. The maximum atomic E-state index is 13.5. The lowest BCUT2D eigenvalue weighted by Crippen LogP contribution is -2.52. The van der Waals surface area contributed by atoms with E-state index in [4.69, 9.17) is 37.1 Å². The number of alkyl halides is 6. The Balaban J connectivity index is 0.000000424. The molecule has 10 nitrogen and oxygen atoms in total. The lowest BCUT2D eigenvalue weighted by Gasteiger charge is -2.40. The first-order valence-corrected chi connectivity index (χ1v) is 15.4. The van der Waals surface area contributed by atoms with Crippen molar-refractivity contribution in [2.45, 2.75) is 43.9 Å². The van der Waals surface area contributed by atoms with E-state index in [2.05, 4.69) is 17.0 Å². The topological polar surface area (TPSA) is 144 Å². The molecule has 1 saturated heterocycles. The van der Waals surface area contributed by atoms with E-state index in [0.29, 0.717) is 44.3 Å². The molecule has 0 saturated carbocycles. The zero-order valence-electron chi connectivity index (χ0n) is 26.5. The van der Waals surface area contributed by atoms with Crippen LogP contribution in [0.5, 0.6) is 0 Å². The van der Waals surface area contributed by atoms with Crippen LogP contribution in [0.2, 0.25) is 5.02 Å². The van der Waals surface area contributed by atoms with Crippen LogP contribution in [0.25, 0.3) is 0 Å². The third-order valence-electron chi connectivity index (χ3n) is 7.73. The molecule has 18 heteroatoms. The molecule has 2 aliphatic rings. The summed E-state index contributed by atoms with van der Waals surface area (Å²) in [7, 11) is 0. The predicted molar refractivity (Wildman–Crippen MR) is 169 cm³/mol. The Kier molecular flexibility index (Phi) is 13.9. The van der Waals surface area contributed by atoms with E-state index < -0.39 is 30.3 Å². The van der Waals surface area contributed by atoms with E-state index in [1.54, 1.807) is 15.9 Å². The highest BCUT2D eigenvalue weighted by molar-refractivity contribution is 6.30. The number of amides is 2. The number of fused-ring (bicyclic) bond motifs is 1. The van der Waals surface area contributed by atoms with Gasteiger partial charge in [0.1, 0.15) is 5.82 Å². The molecule has 0 radical (unpaired) electrons. The summed E-state index contributed by atoms with van der Waals surface area (Å²) in [4.78, 5) is 49.5. The molecular formula is C33H32ClF7N4O6. The number of benzene rings is 3. The lowest BCUT2D eigenvalue weighted by atomic mass is 9.96. The quantitative estimate of drug-likeness (QED) is 0.291. The van der Waals surface area contributed by atoms with Crippen molar-refractivity contribution < 1.29 is 60.1 Å². The lowest BCUT2D eigenvalue weighted by molar-refractivity contribution is -0.193. The molecule has 276 valence electrons. The number of rotatable bonds is 6. The molecule has 2 atom stereocenters. The monoisotopic (exact) mass is 748 g/mol. The molecule has 1 fully saturated rings. The average molecular weight is 749 g/mol. The number of carbonyl (C=O) groups is 4. The summed E-state index contributed by atoms with van der Waals surface area (Å²) >= 11 is 6.13. The smallest absolute Gasteiger partial charge is 0.475 e. The largest absolute Gasteiger partial charge is 0.490 e. The second-order valence-corrected chi connectivity index (χ2v) is 11.7. The van der Waals surface area contributed by atoms with Crippen LogP contribution in [0.3, 0.4) is 0 Å². The van der Waals surface area contributed by atoms with Crippen molar-refractivity contribution in [3.8, 4) is 0 Å². The Morgan fingerprint density at radius 1 is 0.725 bits per heavy atom. The number of hydrogen-bond donors (Lipinski definition) is 3. The number of nitrogens with two attached hydrogens (primary N) is 1. The van der Waals surface area contributed by atoms with E-state index in [1.165, 1.54) is 17.7 Å². The van der Waals surface area contributed by atoms with Gasteiger partial charge in [-0.1, -0.05) is 60.1 Å². The number of halogens is 8. The summed E-state index contributed by atoms with van der Waals surface area (Å²) in [5.74, 6) is -6.24. The van der Waals surface area contributed by atoms with Crippen LogP contribution < -0.4 is 5.73 Å². The Hall–Kier alpha value is -4.74. The van der Waals surface area contributed by atoms with E-state index in [1.807, 2.05) is 42.5 Å². The second-order valence-electron chi connectivity index (χ2n) is 11.3. The molecule has 3 aromatic carbocycles. The molecular weight excluding hydrogens is 717 g/mol. The van der Waals surface area contributed by atoms with Crippen molar-refractivity contribution >= 4 is 35.4 Å². The number of aliphatic carboxylic acids is 2. The van der Waals surface area contributed by atoms with Gasteiger partial charge in [0.25, 0.3) is 0 Å². The van der Waals surface area contributed by atoms with Gasteiger partial charge in [-0.05, 0) is 46.5 Å². The number of carbonyl (C=O) groups excluding carboxylic acids is 2. The summed E-state index contributed by atoms with van der Waals surface area (Å²) < 4.78 is 77.0. The fraction of sp³-hybridized carbons (Fsp3) is 0.333. The Bertz CT molecular complexity index is 1640. The number of piperazine rings is 1. The molecule has 2 heterocycles. The predicted octanol–water partition coefficient (Wildman–Crippen LogP) is 5.24. The van der Waals surface area contributed by atoms with Gasteiger partial charge in [0.05, 0.1) is 18.5 Å². The standard InChI is InChI=1S/C29H30ClFN4O2.2C2HF3O2/c30-24-9-6-21(7-10-24)28(20-4-2-1-3-5-20)34-14-12-33(13-15-34)27(36)17-26(32)29(37)35-18-22-8-11-25(31)16-23(22)19-35;2*3-2(4,5)1(6)7/h1-11,16,26,28H,12-15,17-19,32H2;2*(H,6,7)/t26-,28?;;/m0../s1. The van der Waals surface area contributed by atoms with Crippen molar-refractivity contribution in [2.75, 3.05) is 26.2 Å². The maximum absolute atomic E-state index is 13.5. The van der Waals surface area contributed by atoms with Crippen LogP contribution in [0.4, 0.5) is 30.7 Å². The highest BCUT2D eigenvalue weighted by Gasteiger charge is 2.39. The molecule has 51 heavy (non-hydrogen) atoms. The van der Waals surface area contributed by atoms with Gasteiger partial charge in [-0.3, -0.25) is 14.5 Å². The molecule has 1 unspecified atom stereocenters. The summed E-state index contributed by atoms with van der Waals surface area (Å²) in [5, 5.41) is 14.9. The molecule has 4 N–H and O–H groups in total. The Morgan fingerprint density at radius 2 is 1.22 bits per heavy atom. The van der Waals surface area contributed by atoms with Crippen LogP contribution in [0.15, 0.2) is 72.8 Å². The molecule has 0 aliphatic carbocycles. The van der Waals surface area contributed by atoms with Gasteiger partial charge in [0.2, 0.25) is 11.8 Å². The van der Waals surface area contributed by atoms with E-state index >= 15 is 0 Å².